The predicted molar refractivity (Wildman–Crippen MR) is 101 cm³/mol. The van der Waals surface area contributed by atoms with Gasteiger partial charge in [-0.3, -0.25) is 4.98 Å². The molecule has 1 amide bonds. The second-order valence-electron chi connectivity index (χ2n) is 7.17. The van der Waals surface area contributed by atoms with E-state index in [9.17, 15) is 4.79 Å². The number of aromatic nitrogens is 1. The summed E-state index contributed by atoms with van der Waals surface area (Å²) in [5.41, 5.74) is 1.10. The van der Waals surface area contributed by atoms with Gasteiger partial charge in [0.25, 0.3) is 0 Å². The third kappa shape index (κ3) is 4.47. The van der Waals surface area contributed by atoms with E-state index < -0.39 is 0 Å². The van der Waals surface area contributed by atoms with Gasteiger partial charge < -0.3 is 19.3 Å². The van der Waals surface area contributed by atoms with E-state index >= 15 is 0 Å². The molecule has 0 radical (unpaired) electrons. The maximum absolute atomic E-state index is 12.0. The average Bonchev–Trinajstić information content (AvgIpc) is 2.94. The lowest BCUT2D eigenvalue weighted by atomic mass is 9.91. The highest BCUT2D eigenvalue weighted by atomic mass is 16.6. The molecule has 0 bridgehead atoms. The van der Waals surface area contributed by atoms with Crippen LogP contribution >= 0.6 is 0 Å². The highest BCUT2D eigenvalue weighted by Crippen LogP contribution is 2.33. The Morgan fingerprint density at radius 2 is 2.00 bits per heavy atom. The van der Waals surface area contributed by atoms with Crippen LogP contribution in [0.25, 0.3) is 0 Å². The van der Waals surface area contributed by atoms with Crippen LogP contribution in [-0.2, 0) is 4.74 Å². The van der Waals surface area contributed by atoms with Crippen LogP contribution in [0.2, 0.25) is 0 Å². The third-order valence-electron chi connectivity index (χ3n) is 5.68. The molecule has 3 heterocycles. The molecule has 1 unspecified atom stereocenters. The summed E-state index contributed by atoms with van der Waals surface area (Å²) < 4.78 is 10.6. The first-order chi connectivity index (χ1) is 12.7. The number of piperidine rings is 1. The zero-order valence-corrected chi connectivity index (χ0v) is 16.0. The quantitative estimate of drug-likeness (QED) is 0.824. The fraction of sp³-hybridized carbons (Fsp3) is 0.700. The second kappa shape index (κ2) is 9.21. The zero-order chi connectivity index (χ0) is 18.4. The van der Waals surface area contributed by atoms with Gasteiger partial charge in [-0.25, -0.2) is 4.79 Å². The van der Waals surface area contributed by atoms with E-state index in [1.165, 1.54) is 0 Å². The van der Waals surface area contributed by atoms with E-state index in [1.807, 2.05) is 30.2 Å². The monoisotopic (exact) mass is 361 g/mol. The molecule has 1 aromatic rings. The summed E-state index contributed by atoms with van der Waals surface area (Å²) >= 11 is 0. The minimum Gasteiger partial charge on any atom is -0.495 e. The number of rotatable bonds is 4. The normalized spacial score (nSPS) is 22.7. The summed E-state index contributed by atoms with van der Waals surface area (Å²) in [7, 11) is 1.72. The van der Waals surface area contributed by atoms with Gasteiger partial charge in [-0.15, -0.1) is 0 Å². The van der Waals surface area contributed by atoms with Gasteiger partial charge in [0.1, 0.15) is 5.75 Å². The molecule has 2 aliphatic rings. The molecule has 6 nitrogen and oxygen atoms in total. The standard InChI is InChI=1S/C20H31N3O3/c1-3-26-20(24)23-12-5-6-17(10-15-23)22-13-8-16(9-14-22)19-18(25-2)7-4-11-21-19/h4,7,11,16-17H,3,5-6,8-10,12-15H2,1-2H3. The van der Waals surface area contributed by atoms with Gasteiger partial charge in [-0.05, 0) is 64.3 Å². The first-order valence-electron chi connectivity index (χ1n) is 9.87. The Morgan fingerprint density at radius 1 is 1.19 bits per heavy atom. The zero-order valence-electron chi connectivity index (χ0n) is 16.0. The van der Waals surface area contributed by atoms with Gasteiger partial charge in [-0.2, -0.15) is 0 Å². The number of hydrogen-bond acceptors (Lipinski definition) is 5. The van der Waals surface area contributed by atoms with E-state index in [2.05, 4.69) is 9.88 Å². The van der Waals surface area contributed by atoms with Crippen molar-refractivity contribution in [2.45, 2.75) is 51.0 Å². The Labute approximate surface area is 156 Å². The number of carbonyl (C=O) groups is 1. The molecule has 1 atom stereocenters. The van der Waals surface area contributed by atoms with Crippen LogP contribution in [0, 0.1) is 0 Å². The number of nitrogens with zero attached hydrogens (tertiary/aromatic N) is 3. The molecule has 6 heteroatoms. The largest absolute Gasteiger partial charge is 0.495 e. The van der Waals surface area contributed by atoms with Crippen molar-refractivity contribution in [1.82, 2.24) is 14.8 Å². The Morgan fingerprint density at radius 3 is 2.73 bits per heavy atom. The molecule has 2 saturated heterocycles. The lowest BCUT2D eigenvalue weighted by Crippen LogP contribution is -2.42. The Balaban J connectivity index is 1.53. The second-order valence-corrected chi connectivity index (χ2v) is 7.17. The lowest BCUT2D eigenvalue weighted by Gasteiger charge is -2.37. The van der Waals surface area contributed by atoms with E-state index in [-0.39, 0.29) is 6.09 Å². The van der Waals surface area contributed by atoms with E-state index in [4.69, 9.17) is 9.47 Å². The molecule has 26 heavy (non-hydrogen) atoms. The fourth-order valence-electron chi connectivity index (χ4n) is 4.26. The highest BCUT2D eigenvalue weighted by Gasteiger charge is 2.30. The van der Waals surface area contributed by atoms with Crippen molar-refractivity contribution in [3.63, 3.8) is 0 Å². The van der Waals surface area contributed by atoms with Crippen molar-refractivity contribution in [1.29, 1.82) is 0 Å². The summed E-state index contributed by atoms with van der Waals surface area (Å²) in [4.78, 5) is 21.0. The molecular weight excluding hydrogens is 330 g/mol. The number of carbonyl (C=O) groups excluding carboxylic acids is 1. The van der Waals surface area contributed by atoms with Crippen LogP contribution in [0.1, 0.15) is 50.6 Å². The van der Waals surface area contributed by atoms with Gasteiger partial charge in [0.15, 0.2) is 0 Å². The fourth-order valence-corrected chi connectivity index (χ4v) is 4.26. The number of hydrogen-bond donors (Lipinski definition) is 0. The molecule has 0 spiro atoms. The van der Waals surface area contributed by atoms with Crippen molar-refractivity contribution in [3.8, 4) is 5.75 Å². The average molecular weight is 361 g/mol. The van der Waals surface area contributed by atoms with Gasteiger partial charge in [-0.1, -0.05) is 0 Å². The predicted octanol–water partition coefficient (Wildman–Crippen LogP) is 3.28. The molecule has 0 saturated carbocycles. The van der Waals surface area contributed by atoms with E-state index in [0.29, 0.717) is 18.6 Å². The van der Waals surface area contributed by atoms with Crippen molar-refractivity contribution in [2.24, 2.45) is 0 Å². The molecule has 144 valence electrons. The number of amides is 1. The number of methoxy groups -OCH3 is 1. The minimum absolute atomic E-state index is 0.158. The van der Waals surface area contributed by atoms with Crippen LogP contribution in [0.15, 0.2) is 18.3 Å². The van der Waals surface area contributed by atoms with Crippen LogP contribution in [0.4, 0.5) is 4.79 Å². The Hall–Kier alpha value is -1.82. The van der Waals surface area contributed by atoms with Crippen molar-refractivity contribution < 1.29 is 14.3 Å². The summed E-state index contributed by atoms with van der Waals surface area (Å²) in [6.07, 6.45) is 7.19. The SMILES string of the molecule is CCOC(=O)N1CCCC(N2CCC(c3ncccc3OC)CC2)CC1. The molecular formula is C20H31N3O3. The number of ether oxygens (including phenoxy) is 2. The highest BCUT2D eigenvalue weighted by molar-refractivity contribution is 5.67. The van der Waals surface area contributed by atoms with Crippen molar-refractivity contribution >= 4 is 6.09 Å². The molecule has 2 aliphatic heterocycles. The van der Waals surface area contributed by atoms with E-state index in [1.54, 1.807) is 7.11 Å². The Kier molecular flexibility index (Phi) is 6.72. The van der Waals surface area contributed by atoms with Gasteiger partial charge in [0, 0.05) is 31.2 Å². The molecule has 0 N–H and O–H groups in total. The molecule has 0 aromatic carbocycles. The topological polar surface area (TPSA) is 54.9 Å². The third-order valence-corrected chi connectivity index (χ3v) is 5.68. The van der Waals surface area contributed by atoms with Gasteiger partial charge in [0.2, 0.25) is 0 Å². The van der Waals surface area contributed by atoms with Crippen LogP contribution in [-0.4, -0.2) is 66.8 Å². The molecule has 3 rings (SSSR count). The first-order valence-corrected chi connectivity index (χ1v) is 9.87. The van der Waals surface area contributed by atoms with Crippen LogP contribution in [0.5, 0.6) is 5.75 Å². The minimum atomic E-state index is -0.158. The summed E-state index contributed by atoms with van der Waals surface area (Å²) in [6, 6.07) is 4.50. The number of likely N-dealkylation sites (tertiary alicyclic amines) is 2. The summed E-state index contributed by atoms with van der Waals surface area (Å²) in [6.45, 7) is 6.11. The smallest absolute Gasteiger partial charge is 0.409 e. The van der Waals surface area contributed by atoms with Crippen molar-refractivity contribution in [3.05, 3.63) is 24.0 Å². The maximum atomic E-state index is 12.0. The molecule has 1 aromatic heterocycles. The first kappa shape index (κ1) is 19.0. The van der Waals surface area contributed by atoms with Gasteiger partial charge in [0.05, 0.1) is 19.4 Å². The summed E-state index contributed by atoms with van der Waals surface area (Å²) in [5.74, 6) is 1.38. The molecule has 0 aliphatic carbocycles. The molecule has 2 fully saturated rings. The maximum Gasteiger partial charge on any atom is 0.409 e. The van der Waals surface area contributed by atoms with Gasteiger partial charge >= 0.3 is 6.09 Å². The summed E-state index contributed by atoms with van der Waals surface area (Å²) in [5, 5.41) is 0. The number of pyridine rings is 1. The van der Waals surface area contributed by atoms with Crippen LogP contribution in [0.3, 0.4) is 0 Å². The Bertz CT molecular complexity index is 587. The van der Waals surface area contributed by atoms with E-state index in [0.717, 1.165) is 69.7 Å². The van der Waals surface area contributed by atoms with Crippen LogP contribution < -0.4 is 4.74 Å². The lowest BCUT2D eigenvalue weighted by molar-refractivity contribution is 0.105. The van der Waals surface area contributed by atoms with Crippen molar-refractivity contribution in [2.75, 3.05) is 39.9 Å².